The van der Waals surface area contributed by atoms with Crippen LogP contribution in [0.4, 0.5) is 4.39 Å². The molecular weight excluding hydrogens is 422 g/mol. The fourth-order valence-electron chi connectivity index (χ4n) is 2.83. The third kappa shape index (κ3) is 5.47. The Bertz CT molecular complexity index is 568. The molecule has 1 saturated heterocycles. The zero-order valence-corrected chi connectivity index (χ0v) is 17.0. The van der Waals surface area contributed by atoms with Crippen molar-refractivity contribution >= 4 is 29.9 Å². The summed E-state index contributed by atoms with van der Waals surface area (Å²) in [7, 11) is 1.73. The number of hydrogen-bond donors (Lipinski definition) is 3. The van der Waals surface area contributed by atoms with Gasteiger partial charge in [0, 0.05) is 38.8 Å². The van der Waals surface area contributed by atoms with Crippen molar-refractivity contribution in [2.45, 2.75) is 39.4 Å². The van der Waals surface area contributed by atoms with Gasteiger partial charge in [-0.05, 0) is 37.5 Å². The number of aliphatic imine (C=N–C) groups is 1. The molecule has 1 aromatic carbocycles. The van der Waals surface area contributed by atoms with Gasteiger partial charge in [-0.2, -0.15) is 0 Å². The van der Waals surface area contributed by atoms with Crippen LogP contribution in [0.1, 0.15) is 26.3 Å². The predicted molar refractivity (Wildman–Crippen MR) is 106 cm³/mol. The van der Waals surface area contributed by atoms with E-state index < -0.39 is 5.82 Å². The lowest BCUT2D eigenvalue weighted by Gasteiger charge is -2.22. The second-order valence-corrected chi connectivity index (χ2v) is 6.49. The number of hydrogen-bond acceptors (Lipinski definition) is 3. The fourth-order valence-corrected chi connectivity index (χ4v) is 2.83. The minimum absolute atomic E-state index is 0. The maximum atomic E-state index is 13.4. The molecule has 5 nitrogen and oxygen atoms in total. The lowest BCUT2D eigenvalue weighted by atomic mass is 10.1. The summed E-state index contributed by atoms with van der Waals surface area (Å²) >= 11 is 0. The van der Waals surface area contributed by atoms with E-state index in [0.717, 1.165) is 18.7 Å². The molecule has 2 atom stereocenters. The van der Waals surface area contributed by atoms with E-state index in [-0.39, 0.29) is 29.7 Å². The second-order valence-electron chi connectivity index (χ2n) is 6.49. The van der Waals surface area contributed by atoms with E-state index in [1.807, 2.05) is 0 Å². The summed E-state index contributed by atoms with van der Waals surface area (Å²) in [4.78, 5) is 6.69. The Labute approximate surface area is 160 Å². The van der Waals surface area contributed by atoms with Gasteiger partial charge in [0.05, 0.1) is 0 Å². The summed E-state index contributed by atoms with van der Waals surface area (Å²) in [6.07, 6.45) is 0. The number of halogens is 2. The van der Waals surface area contributed by atoms with Crippen LogP contribution < -0.4 is 10.6 Å². The molecular formula is C17H28FIN4O. The van der Waals surface area contributed by atoms with E-state index in [1.165, 1.54) is 12.1 Å². The van der Waals surface area contributed by atoms with E-state index in [2.05, 4.69) is 41.3 Å². The van der Waals surface area contributed by atoms with E-state index in [0.29, 0.717) is 30.5 Å². The number of guanidine groups is 1. The first-order valence-electron chi connectivity index (χ1n) is 8.09. The maximum Gasteiger partial charge on any atom is 0.191 e. The molecule has 2 unspecified atom stereocenters. The third-order valence-corrected chi connectivity index (χ3v) is 4.39. The average molecular weight is 450 g/mol. The maximum absolute atomic E-state index is 13.4. The number of rotatable bonds is 4. The SMILES string of the molecule is CN=C(NCc1ccc(O)c(F)c1)NC1CN(C(C)C)CC1C.I. The number of phenols is 1. The summed E-state index contributed by atoms with van der Waals surface area (Å²) in [5.74, 6) is 0.317. The molecule has 0 amide bonds. The van der Waals surface area contributed by atoms with Crippen molar-refractivity contribution < 1.29 is 9.50 Å². The smallest absolute Gasteiger partial charge is 0.191 e. The molecule has 1 aliphatic rings. The molecule has 0 radical (unpaired) electrons. The lowest BCUT2D eigenvalue weighted by molar-refractivity contribution is 0.265. The molecule has 0 bridgehead atoms. The van der Waals surface area contributed by atoms with Crippen molar-refractivity contribution in [1.29, 1.82) is 0 Å². The van der Waals surface area contributed by atoms with Crippen molar-refractivity contribution in [2.75, 3.05) is 20.1 Å². The van der Waals surface area contributed by atoms with Crippen LogP contribution in [0.5, 0.6) is 5.75 Å². The molecule has 0 saturated carbocycles. The first-order chi connectivity index (χ1) is 10.9. The minimum Gasteiger partial charge on any atom is -0.505 e. The van der Waals surface area contributed by atoms with Crippen molar-refractivity contribution in [3.05, 3.63) is 29.6 Å². The van der Waals surface area contributed by atoms with Crippen molar-refractivity contribution in [2.24, 2.45) is 10.9 Å². The van der Waals surface area contributed by atoms with Crippen LogP contribution in [0.25, 0.3) is 0 Å². The van der Waals surface area contributed by atoms with Gasteiger partial charge in [0.1, 0.15) is 0 Å². The molecule has 1 aromatic rings. The molecule has 24 heavy (non-hydrogen) atoms. The summed E-state index contributed by atoms with van der Waals surface area (Å²) in [5, 5.41) is 15.9. The van der Waals surface area contributed by atoms with Gasteiger partial charge in [-0.3, -0.25) is 9.89 Å². The predicted octanol–water partition coefficient (Wildman–Crippen LogP) is 2.54. The van der Waals surface area contributed by atoms with E-state index in [4.69, 9.17) is 0 Å². The van der Waals surface area contributed by atoms with Gasteiger partial charge >= 0.3 is 0 Å². The summed E-state index contributed by atoms with van der Waals surface area (Å²) in [6, 6.07) is 5.27. The Morgan fingerprint density at radius 1 is 1.42 bits per heavy atom. The Morgan fingerprint density at radius 3 is 2.67 bits per heavy atom. The summed E-state index contributed by atoms with van der Waals surface area (Å²) in [5.41, 5.74) is 0.756. The zero-order valence-electron chi connectivity index (χ0n) is 14.7. The molecule has 0 aliphatic carbocycles. The van der Waals surface area contributed by atoms with Crippen molar-refractivity contribution in [1.82, 2.24) is 15.5 Å². The normalized spacial score (nSPS) is 21.7. The Kier molecular flexibility index (Phi) is 8.21. The number of benzene rings is 1. The largest absolute Gasteiger partial charge is 0.505 e. The van der Waals surface area contributed by atoms with Crippen LogP contribution in [-0.4, -0.2) is 48.2 Å². The van der Waals surface area contributed by atoms with Crippen LogP contribution >= 0.6 is 24.0 Å². The molecule has 1 aliphatic heterocycles. The van der Waals surface area contributed by atoms with Crippen LogP contribution in [0.2, 0.25) is 0 Å². The topological polar surface area (TPSA) is 59.9 Å². The van der Waals surface area contributed by atoms with Gasteiger partial charge in [0.15, 0.2) is 17.5 Å². The number of aromatic hydroxyl groups is 1. The van der Waals surface area contributed by atoms with Gasteiger partial charge in [-0.1, -0.05) is 13.0 Å². The number of phenolic OH excluding ortho intramolecular Hbond substituents is 1. The first-order valence-corrected chi connectivity index (χ1v) is 8.09. The van der Waals surface area contributed by atoms with Crippen molar-refractivity contribution in [3.63, 3.8) is 0 Å². The quantitative estimate of drug-likeness (QED) is 0.375. The minimum atomic E-state index is -0.607. The number of nitrogens with one attached hydrogen (secondary N) is 2. The third-order valence-electron chi connectivity index (χ3n) is 4.39. The Balaban J connectivity index is 0.00000288. The molecule has 3 N–H and O–H groups in total. The lowest BCUT2D eigenvalue weighted by Crippen LogP contribution is -2.46. The molecule has 2 rings (SSSR count). The summed E-state index contributed by atoms with van der Waals surface area (Å²) in [6.45, 7) is 9.18. The highest BCUT2D eigenvalue weighted by atomic mass is 127. The van der Waals surface area contributed by atoms with E-state index in [9.17, 15) is 9.50 Å². The molecule has 0 spiro atoms. The summed E-state index contributed by atoms with van der Waals surface area (Å²) < 4.78 is 13.4. The van der Waals surface area contributed by atoms with E-state index >= 15 is 0 Å². The molecule has 7 heteroatoms. The number of likely N-dealkylation sites (tertiary alicyclic amines) is 1. The van der Waals surface area contributed by atoms with Gasteiger partial charge in [0.25, 0.3) is 0 Å². The molecule has 0 aromatic heterocycles. The highest BCUT2D eigenvalue weighted by Gasteiger charge is 2.31. The van der Waals surface area contributed by atoms with Gasteiger partial charge < -0.3 is 15.7 Å². The zero-order chi connectivity index (χ0) is 17.0. The highest BCUT2D eigenvalue weighted by Crippen LogP contribution is 2.19. The molecule has 136 valence electrons. The molecule has 1 fully saturated rings. The van der Waals surface area contributed by atoms with Gasteiger partial charge in [-0.15, -0.1) is 24.0 Å². The Morgan fingerprint density at radius 2 is 2.12 bits per heavy atom. The first kappa shape index (κ1) is 21.0. The van der Waals surface area contributed by atoms with Crippen LogP contribution in [0.3, 0.4) is 0 Å². The van der Waals surface area contributed by atoms with Gasteiger partial charge in [0.2, 0.25) is 0 Å². The van der Waals surface area contributed by atoms with Crippen LogP contribution in [0, 0.1) is 11.7 Å². The fraction of sp³-hybridized carbons (Fsp3) is 0.588. The van der Waals surface area contributed by atoms with E-state index in [1.54, 1.807) is 13.1 Å². The van der Waals surface area contributed by atoms with Crippen LogP contribution in [0.15, 0.2) is 23.2 Å². The van der Waals surface area contributed by atoms with Crippen molar-refractivity contribution in [3.8, 4) is 5.75 Å². The second kappa shape index (κ2) is 9.41. The molecule has 1 heterocycles. The standard InChI is InChI=1S/C17H27FN4O.HI/c1-11(2)22-9-12(3)15(10-22)21-17(19-4)20-8-13-5-6-16(23)14(18)7-13;/h5-7,11-12,15,23H,8-10H2,1-4H3,(H2,19,20,21);1H. The van der Waals surface area contributed by atoms with Crippen LogP contribution in [-0.2, 0) is 6.54 Å². The average Bonchev–Trinajstić information content (AvgIpc) is 2.88. The Hall–Kier alpha value is -1.09. The van der Waals surface area contributed by atoms with Gasteiger partial charge in [-0.25, -0.2) is 4.39 Å². The highest BCUT2D eigenvalue weighted by molar-refractivity contribution is 14.0. The monoisotopic (exact) mass is 450 g/mol. The number of nitrogens with zero attached hydrogens (tertiary/aromatic N) is 2.